The fraction of sp³-hybridized carbons (Fsp3) is 0.302. The molecule has 1 aromatic heterocycles. The van der Waals surface area contributed by atoms with E-state index in [1.54, 1.807) is 20.8 Å². The summed E-state index contributed by atoms with van der Waals surface area (Å²) >= 11 is 0. The normalized spacial score (nSPS) is 16.1. The molecule has 2 amide bonds. The van der Waals surface area contributed by atoms with E-state index < -0.39 is 110 Å². The zero-order valence-electron chi connectivity index (χ0n) is 33.4. The molecule has 1 fully saturated rings. The molecule has 6 aromatic rings. The van der Waals surface area contributed by atoms with E-state index in [1.165, 1.54) is 44.4 Å². The first-order valence-electron chi connectivity index (χ1n) is 18.8. The van der Waals surface area contributed by atoms with Gasteiger partial charge < -0.3 is 34.1 Å². The maximum absolute atomic E-state index is 15.0. The van der Waals surface area contributed by atoms with E-state index in [4.69, 9.17) is 14.2 Å². The van der Waals surface area contributed by atoms with Gasteiger partial charge in [-0.25, -0.2) is 4.79 Å². The van der Waals surface area contributed by atoms with Crippen LogP contribution in [-0.2, 0) is 30.5 Å². The number of carboxylic acid groups (broad SMARTS) is 1. The van der Waals surface area contributed by atoms with E-state index >= 15 is 0 Å². The molecule has 3 atom stereocenters. The lowest BCUT2D eigenvalue weighted by Gasteiger charge is -2.36. The highest BCUT2D eigenvalue weighted by atomic mass is 16.5. The Bertz CT molecular complexity index is 3250. The number of rotatable bonds is 8. The number of aromatic nitrogens is 1. The Morgan fingerprint density at radius 1 is 0.783 bits per heavy atom. The lowest BCUT2D eigenvalue weighted by Crippen LogP contribution is -2.63. The van der Waals surface area contributed by atoms with Gasteiger partial charge >= 0.3 is 17.9 Å². The molecular formula is C43H37N3O14. The summed E-state index contributed by atoms with van der Waals surface area (Å²) in [7, 11) is 1.20. The van der Waals surface area contributed by atoms with Crippen LogP contribution >= 0.6 is 0 Å². The standard InChI is InChI=1S/C43H37N3O14/c1-8-16(2)25-13-23-31(42(55)46(25)15-27(49)45-14-24(43(56)57)44-41(54)18(45)4)37(52)29-21(35(23)50)10-11-22-30(29)40(60-20(6)48)34-33(39(22)58-7)36(51)28-17(3)9-12-26(59-19(5)47)32(28)38(34)53/h9-13,16,18,24H,8,14-15H2,1-7H3,(H,44,54)(H,56,57). The average Bonchev–Trinajstić information content (AvgIpc) is 3.19. The topological polar surface area (TPSA) is 239 Å². The van der Waals surface area contributed by atoms with Crippen molar-refractivity contribution in [3.8, 4) is 17.2 Å². The highest BCUT2D eigenvalue weighted by Gasteiger charge is 2.38. The Balaban J connectivity index is 1.64. The van der Waals surface area contributed by atoms with Crippen molar-refractivity contribution in [3.05, 3.63) is 92.8 Å². The molecule has 2 N–H and O–H groups in total. The molecule has 60 heavy (non-hydrogen) atoms. The van der Waals surface area contributed by atoms with Crippen molar-refractivity contribution >= 4 is 83.6 Å². The van der Waals surface area contributed by atoms with Gasteiger partial charge in [-0.3, -0.25) is 43.2 Å². The molecule has 17 heteroatoms. The van der Waals surface area contributed by atoms with E-state index in [2.05, 4.69) is 5.32 Å². The summed E-state index contributed by atoms with van der Waals surface area (Å²) in [5.74, 6) is -6.24. The minimum Gasteiger partial charge on any atom is -0.495 e. The first-order chi connectivity index (χ1) is 28.3. The van der Waals surface area contributed by atoms with E-state index in [0.29, 0.717) is 12.0 Å². The third-order valence-corrected chi connectivity index (χ3v) is 11.2. The lowest BCUT2D eigenvalue weighted by atomic mass is 9.90. The minimum absolute atomic E-state index is 0.0358. The van der Waals surface area contributed by atoms with Gasteiger partial charge in [0.25, 0.3) is 5.56 Å². The predicted molar refractivity (Wildman–Crippen MR) is 219 cm³/mol. The number of methoxy groups -OCH3 is 1. The quantitative estimate of drug-likeness (QED) is 0.0971. The summed E-state index contributed by atoms with van der Waals surface area (Å²) in [6, 6.07) is 4.28. The van der Waals surface area contributed by atoms with E-state index in [0.717, 1.165) is 23.3 Å². The summed E-state index contributed by atoms with van der Waals surface area (Å²) in [5.41, 5.74) is -4.04. The Kier molecular flexibility index (Phi) is 10.1. The molecule has 1 aliphatic heterocycles. The van der Waals surface area contributed by atoms with Crippen LogP contribution in [0.5, 0.6) is 17.2 Å². The number of fused-ring (bicyclic) bond motifs is 6. The summed E-state index contributed by atoms with van der Waals surface area (Å²) < 4.78 is 17.8. The Labute approximate surface area is 337 Å². The molecule has 0 radical (unpaired) electrons. The van der Waals surface area contributed by atoms with E-state index in [9.17, 15) is 53.1 Å². The Morgan fingerprint density at radius 3 is 2.02 bits per heavy atom. The monoisotopic (exact) mass is 819 g/mol. The third-order valence-electron chi connectivity index (χ3n) is 11.2. The van der Waals surface area contributed by atoms with Crippen LogP contribution in [0.1, 0.15) is 58.2 Å². The smallest absolute Gasteiger partial charge is 0.328 e. The molecule has 2 heterocycles. The maximum atomic E-state index is 15.0. The van der Waals surface area contributed by atoms with Gasteiger partial charge in [0, 0.05) is 51.9 Å². The number of nitrogens with zero attached hydrogens (tertiary/aromatic N) is 2. The minimum atomic E-state index is -1.42. The van der Waals surface area contributed by atoms with Gasteiger partial charge in [0.05, 0.1) is 35.2 Å². The molecule has 3 unspecified atom stereocenters. The number of pyridine rings is 1. The summed E-state index contributed by atoms with van der Waals surface area (Å²) in [5, 5.41) is 8.64. The summed E-state index contributed by atoms with van der Waals surface area (Å²) in [6.07, 6.45) is 0.421. The Morgan fingerprint density at radius 2 is 1.40 bits per heavy atom. The Hall–Kier alpha value is -7.30. The second-order valence-electron chi connectivity index (χ2n) is 14.8. The van der Waals surface area contributed by atoms with Crippen molar-refractivity contribution in [1.82, 2.24) is 14.8 Å². The predicted octanol–water partition coefficient (Wildman–Crippen LogP) is 2.41. The van der Waals surface area contributed by atoms with Crippen molar-refractivity contribution in [2.75, 3.05) is 13.7 Å². The molecule has 1 saturated heterocycles. The van der Waals surface area contributed by atoms with E-state index in [-0.39, 0.29) is 54.9 Å². The second kappa shape index (κ2) is 14.8. The maximum Gasteiger partial charge on any atom is 0.328 e. The van der Waals surface area contributed by atoms with Gasteiger partial charge in [-0.2, -0.15) is 0 Å². The zero-order valence-corrected chi connectivity index (χ0v) is 33.4. The SMILES string of the molecule is CCC(C)c1cc2c(=O)c3ccc4c(OC)c5c(=O)c6c(C)ccc(OC(C)=O)c6c(=O)c5c(OC(C)=O)c4c3c(=O)c2c(=O)n1CC(=O)N1CC(C(=O)O)NC(=O)C1C. The molecule has 0 saturated carbocycles. The highest BCUT2D eigenvalue weighted by molar-refractivity contribution is 6.24. The number of piperazine rings is 1. The van der Waals surface area contributed by atoms with Crippen molar-refractivity contribution < 1.29 is 43.3 Å². The van der Waals surface area contributed by atoms with Crippen LogP contribution in [-0.4, -0.2) is 70.0 Å². The first-order valence-corrected chi connectivity index (χ1v) is 18.8. The summed E-state index contributed by atoms with van der Waals surface area (Å²) in [6.45, 7) is 7.46. The molecule has 17 nitrogen and oxygen atoms in total. The number of esters is 2. The molecule has 0 aliphatic carbocycles. The number of nitrogens with one attached hydrogen (secondary N) is 1. The average molecular weight is 820 g/mol. The zero-order chi connectivity index (χ0) is 43.8. The summed E-state index contributed by atoms with van der Waals surface area (Å²) in [4.78, 5) is 138. The number of carbonyl (C=O) groups excluding carboxylic acids is 4. The van der Waals surface area contributed by atoms with Gasteiger partial charge in [0.15, 0.2) is 16.6 Å². The van der Waals surface area contributed by atoms with Crippen LogP contribution in [0.25, 0.3) is 53.9 Å². The van der Waals surface area contributed by atoms with Gasteiger partial charge in [0.1, 0.15) is 30.1 Å². The van der Waals surface area contributed by atoms with Crippen LogP contribution in [0.15, 0.2) is 54.3 Å². The van der Waals surface area contributed by atoms with Crippen LogP contribution in [0.4, 0.5) is 0 Å². The number of amides is 2. The van der Waals surface area contributed by atoms with Crippen molar-refractivity contribution in [3.63, 3.8) is 0 Å². The van der Waals surface area contributed by atoms with Gasteiger partial charge in [0.2, 0.25) is 22.7 Å². The number of carboxylic acids is 1. The molecular weight excluding hydrogens is 782 g/mol. The van der Waals surface area contributed by atoms with Crippen molar-refractivity contribution in [1.29, 1.82) is 0 Å². The largest absolute Gasteiger partial charge is 0.495 e. The second-order valence-corrected chi connectivity index (χ2v) is 14.8. The number of benzene rings is 5. The van der Waals surface area contributed by atoms with Crippen molar-refractivity contribution in [2.45, 2.75) is 72.5 Å². The number of hydrogen-bond acceptors (Lipinski definition) is 13. The molecule has 5 aromatic carbocycles. The fourth-order valence-corrected chi connectivity index (χ4v) is 8.16. The number of hydrogen-bond donors (Lipinski definition) is 2. The lowest BCUT2D eigenvalue weighted by molar-refractivity contribution is -0.151. The number of aryl methyl sites for hydroxylation is 1. The third kappa shape index (κ3) is 6.15. The molecule has 0 spiro atoms. The molecule has 308 valence electrons. The van der Waals surface area contributed by atoms with Crippen LogP contribution < -0.4 is 46.8 Å². The highest BCUT2D eigenvalue weighted by Crippen LogP contribution is 2.44. The van der Waals surface area contributed by atoms with Crippen molar-refractivity contribution in [2.24, 2.45) is 0 Å². The number of ether oxygens (including phenoxy) is 3. The first kappa shape index (κ1) is 40.9. The number of carbonyl (C=O) groups is 5. The molecule has 7 rings (SSSR count). The van der Waals surface area contributed by atoms with Gasteiger partial charge in [-0.15, -0.1) is 0 Å². The van der Waals surface area contributed by atoms with E-state index in [1.807, 2.05) is 0 Å². The fourth-order valence-electron chi connectivity index (χ4n) is 8.16. The molecule has 1 aliphatic rings. The van der Waals surface area contributed by atoms with Gasteiger partial charge in [-0.1, -0.05) is 19.9 Å². The molecule has 0 bridgehead atoms. The number of aliphatic carboxylic acids is 1. The van der Waals surface area contributed by atoms with Crippen LogP contribution in [0, 0.1) is 6.92 Å². The van der Waals surface area contributed by atoms with Crippen LogP contribution in [0.2, 0.25) is 0 Å². The van der Waals surface area contributed by atoms with Crippen LogP contribution in [0.3, 0.4) is 0 Å². The van der Waals surface area contributed by atoms with Gasteiger partial charge in [-0.05, 0) is 56.0 Å².